The van der Waals surface area contributed by atoms with Crippen LogP contribution in [0.3, 0.4) is 0 Å². The normalized spacial score (nSPS) is 42.1. The average Bonchev–Trinajstić information content (AvgIpc) is 2.32. The van der Waals surface area contributed by atoms with Gasteiger partial charge in [0.1, 0.15) is 0 Å². The SMILES string of the molecule is CC12CCC(C(=O)C(Br)(Br)C1=O)C2(C)C. The largest absolute Gasteiger partial charge is 0.296 e. The maximum Gasteiger partial charge on any atom is 0.197 e. The first-order chi connectivity index (χ1) is 6.65. The van der Waals surface area contributed by atoms with Gasteiger partial charge in [-0.1, -0.05) is 52.6 Å². The van der Waals surface area contributed by atoms with E-state index in [0.29, 0.717) is 0 Å². The summed E-state index contributed by atoms with van der Waals surface area (Å²) < 4.78 is -1.13. The number of alkyl halides is 2. The second-order valence-corrected chi connectivity index (χ2v) is 8.86. The molecule has 2 unspecified atom stereocenters. The van der Waals surface area contributed by atoms with Gasteiger partial charge in [0.2, 0.25) is 0 Å². The van der Waals surface area contributed by atoms with Gasteiger partial charge < -0.3 is 0 Å². The fraction of sp³-hybridized carbons (Fsp3) is 0.818. The van der Waals surface area contributed by atoms with Gasteiger partial charge in [-0.15, -0.1) is 0 Å². The summed E-state index contributed by atoms with van der Waals surface area (Å²) in [7, 11) is 0. The molecular weight excluding hydrogens is 324 g/mol. The predicted molar refractivity (Wildman–Crippen MR) is 65.2 cm³/mol. The van der Waals surface area contributed by atoms with E-state index in [1.54, 1.807) is 0 Å². The summed E-state index contributed by atoms with van der Waals surface area (Å²) in [5, 5.41) is 0. The van der Waals surface area contributed by atoms with Crippen molar-refractivity contribution in [2.24, 2.45) is 16.7 Å². The van der Waals surface area contributed by atoms with Gasteiger partial charge in [0, 0.05) is 11.3 Å². The molecule has 2 atom stereocenters. The van der Waals surface area contributed by atoms with Crippen molar-refractivity contribution in [1.29, 1.82) is 0 Å². The van der Waals surface area contributed by atoms with Crippen molar-refractivity contribution in [1.82, 2.24) is 0 Å². The molecule has 0 aromatic rings. The molecule has 0 spiro atoms. The Kier molecular flexibility index (Phi) is 2.31. The van der Waals surface area contributed by atoms with E-state index >= 15 is 0 Å². The van der Waals surface area contributed by atoms with Crippen LogP contribution in [0.1, 0.15) is 33.6 Å². The van der Waals surface area contributed by atoms with Crippen molar-refractivity contribution in [3.8, 4) is 0 Å². The Balaban J connectivity index is 2.61. The van der Waals surface area contributed by atoms with E-state index < -0.39 is 8.65 Å². The van der Waals surface area contributed by atoms with Crippen LogP contribution in [0.25, 0.3) is 0 Å². The summed E-state index contributed by atoms with van der Waals surface area (Å²) >= 11 is 6.50. The zero-order valence-corrected chi connectivity index (χ0v) is 12.2. The Bertz CT molecular complexity index is 360. The Morgan fingerprint density at radius 1 is 1.20 bits per heavy atom. The van der Waals surface area contributed by atoms with Crippen molar-refractivity contribution in [3.05, 3.63) is 0 Å². The number of rotatable bonds is 0. The molecule has 2 aliphatic carbocycles. The molecule has 0 aromatic carbocycles. The molecule has 0 N–H and O–H groups in total. The van der Waals surface area contributed by atoms with Crippen molar-refractivity contribution < 1.29 is 9.59 Å². The van der Waals surface area contributed by atoms with Crippen molar-refractivity contribution in [2.75, 3.05) is 0 Å². The average molecular weight is 338 g/mol. The number of carbonyl (C=O) groups excluding carboxylic acids is 2. The van der Waals surface area contributed by atoms with Crippen LogP contribution in [0.4, 0.5) is 0 Å². The number of fused-ring (bicyclic) bond motifs is 2. The van der Waals surface area contributed by atoms with Gasteiger partial charge in [-0.3, -0.25) is 9.59 Å². The fourth-order valence-electron chi connectivity index (χ4n) is 3.04. The second-order valence-electron chi connectivity index (χ2n) is 5.41. The van der Waals surface area contributed by atoms with Gasteiger partial charge in [0.25, 0.3) is 0 Å². The lowest BCUT2D eigenvalue weighted by molar-refractivity contribution is -0.146. The van der Waals surface area contributed by atoms with Gasteiger partial charge in [-0.05, 0) is 18.3 Å². The van der Waals surface area contributed by atoms with Crippen molar-refractivity contribution in [2.45, 2.75) is 36.8 Å². The van der Waals surface area contributed by atoms with Crippen LogP contribution in [0.5, 0.6) is 0 Å². The third kappa shape index (κ3) is 1.15. The second kappa shape index (κ2) is 2.95. The molecular formula is C11H14Br2O2. The lowest BCUT2D eigenvalue weighted by Crippen LogP contribution is -2.58. The molecule has 4 heteroatoms. The summed E-state index contributed by atoms with van der Waals surface area (Å²) in [6.45, 7) is 6.06. The fourth-order valence-corrected chi connectivity index (χ4v) is 4.47. The van der Waals surface area contributed by atoms with Crippen LogP contribution in [-0.2, 0) is 9.59 Å². The highest BCUT2D eigenvalue weighted by Gasteiger charge is 2.68. The minimum Gasteiger partial charge on any atom is -0.296 e. The van der Waals surface area contributed by atoms with Gasteiger partial charge in [-0.2, -0.15) is 0 Å². The number of hydrogen-bond acceptors (Lipinski definition) is 2. The van der Waals surface area contributed by atoms with E-state index in [9.17, 15) is 9.59 Å². The maximum atomic E-state index is 12.3. The molecule has 0 radical (unpaired) electrons. The zero-order valence-electron chi connectivity index (χ0n) is 9.06. The molecule has 0 heterocycles. The van der Waals surface area contributed by atoms with Gasteiger partial charge in [0.05, 0.1) is 0 Å². The Morgan fingerprint density at radius 3 is 2.27 bits per heavy atom. The standard InChI is InChI=1S/C11H14Br2O2/c1-9(2)6-4-5-10(9,3)8(15)11(12,13)7(6)14/h6H,4-5H2,1-3H3. The van der Waals surface area contributed by atoms with Crippen LogP contribution in [-0.4, -0.2) is 14.8 Å². The molecule has 2 bridgehead atoms. The highest BCUT2D eigenvalue weighted by Crippen LogP contribution is 2.64. The predicted octanol–water partition coefficient (Wildman–Crippen LogP) is 3.07. The first-order valence-electron chi connectivity index (χ1n) is 5.13. The van der Waals surface area contributed by atoms with Crippen LogP contribution in [0.15, 0.2) is 0 Å². The summed E-state index contributed by atoms with van der Waals surface area (Å²) in [5.74, 6) is -0.0369. The Hall–Kier alpha value is 0.300. The molecule has 15 heavy (non-hydrogen) atoms. The van der Waals surface area contributed by atoms with Crippen LogP contribution in [0.2, 0.25) is 0 Å². The molecule has 2 aliphatic rings. The Labute approximate surface area is 106 Å². The summed E-state index contributed by atoms with van der Waals surface area (Å²) in [6, 6.07) is 0. The topological polar surface area (TPSA) is 34.1 Å². The lowest BCUT2D eigenvalue weighted by Gasteiger charge is -2.47. The van der Waals surface area contributed by atoms with E-state index in [4.69, 9.17) is 0 Å². The van der Waals surface area contributed by atoms with E-state index in [0.717, 1.165) is 12.8 Å². The van der Waals surface area contributed by atoms with E-state index in [-0.39, 0.29) is 22.9 Å². The van der Waals surface area contributed by atoms with Crippen LogP contribution >= 0.6 is 31.9 Å². The van der Waals surface area contributed by atoms with Crippen LogP contribution in [0, 0.1) is 16.7 Å². The highest BCUT2D eigenvalue weighted by molar-refractivity contribution is 9.26. The number of halogens is 2. The summed E-state index contributed by atoms with van der Waals surface area (Å²) in [5.41, 5.74) is -0.606. The molecule has 0 aliphatic heterocycles. The molecule has 2 fully saturated rings. The molecule has 0 saturated heterocycles. The summed E-state index contributed by atoms with van der Waals surface area (Å²) in [4.78, 5) is 24.5. The highest BCUT2D eigenvalue weighted by atomic mass is 79.9. The van der Waals surface area contributed by atoms with E-state index in [1.165, 1.54) is 0 Å². The number of carbonyl (C=O) groups is 2. The third-order valence-electron chi connectivity index (χ3n) is 4.64. The first kappa shape index (κ1) is 11.8. The quantitative estimate of drug-likeness (QED) is 0.503. The van der Waals surface area contributed by atoms with Crippen molar-refractivity contribution in [3.63, 3.8) is 0 Å². The molecule has 2 saturated carbocycles. The maximum absolute atomic E-state index is 12.3. The van der Waals surface area contributed by atoms with Crippen molar-refractivity contribution >= 4 is 43.4 Å². The van der Waals surface area contributed by atoms with Gasteiger partial charge in [-0.25, -0.2) is 0 Å². The zero-order chi connectivity index (χ0) is 11.6. The minimum atomic E-state index is -1.13. The number of hydrogen-bond donors (Lipinski definition) is 0. The number of ketones is 2. The molecule has 84 valence electrons. The molecule has 2 nitrogen and oxygen atoms in total. The molecule has 0 amide bonds. The van der Waals surface area contributed by atoms with E-state index in [2.05, 4.69) is 31.9 Å². The summed E-state index contributed by atoms with van der Waals surface area (Å²) in [6.07, 6.45) is 1.64. The molecule has 2 rings (SSSR count). The number of Topliss-reactive ketones (excluding diaryl/α,β-unsaturated/α-hetero) is 2. The van der Waals surface area contributed by atoms with Gasteiger partial charge in [0.15, 0.2) is 14.8 Å². The lowest BCUT2D eigenvalue weighted by atomic mass is 9.58. The van der Waals surface area contributed by atoms with E-state index in [1.807, 2.05) is 20.8 Å². The minimum absolute atomic E-state index is 0.00697. The first-order valence-corrected chi connectivity index (χ1v) is 6.71. The monoisotopic (exact) mass is 336 g/mol. The smallest absolute Gasteiger partial charge is 0.197 e. The van der Waals surface area contributed by atoms with Crippen LogP contribution < -0.4 is 0 Å². The third-order valence-corrected chi connectivity index (χ3v) is 6.14. The molecule has 0 aromatic heterocycles. The Morgan fingerprint density at radius 2 is 1.73 bits per heavy atom. The van der Waals surface area contributed by atoms with Gasteiger partial charge >= 0.3 is 0 Å².